The highest BCUT2D eigenvalue weighted by Crippen LogP contribution is 2.46. The van der Waals surface area contributed by atoms with Crippen molar-refractivity contribution < 1.29 is 23.6 Å². The van der Waals surface area contributed by atoms with Crippen molar-refractivity contribution >= 4 is 40.2 Å². The lowest BCUT2D eigenvalue weighted by molar-refractivity contribution is -0.146. The molecule has 0 unspecified atom stereocenters. The summed E-state index contributed by atoms with van der Waals surface area (Å²) in [7, 11) is 1.48. The zero-order valence-electron chi connectivity index (χ0n) is 23.9. The lowest BCUT2D eigenvalue weighted by Crippen LogP contribution is -2.55. The number of rotatable bonds is 7. The van der Waals surface area contributed by atoms with Crippen molar-refractivity contribution in [2.45, 2.75) is 57.2 Å². The summed E-state index contributed by atoms with van der Waals surface area (Å²) >= 11 is 0. The maximum atomic E-state index is 14.6. The van der Waals surface area contributed by atoms with Gasteiger partial charge in [-0.25, -0.2) is 4.39 Å². The minimum absolute atomic E-state index is 0.00647. The van der Waals surface area contributed by atoms with E-state index in [0.29, 0.717) is 23.0 Å². The van der Waals surface area contributed by atoms with Crippen LogP contribution in [0.5, 0.6) is 0 Å². The number of hydrogen-bond acceptors (Lipinski definition) is 5. The van der Waals surface area contributed by atoms with E-state index in [9.17, 15) is 28.8 Å². The summed E-state index contributed by atoms with van der Waals surface area (Å²) in [4.78, 5) is 59.5. The van der Waals surface area contributed by atoms with Crippen molar-refractivity contribution in [2.24, 2.45) is 5.92 Å². The van der Waals surface area contributed by atoms with E-state index in [-0.39, 0.29) is 30.4 Å². The van der Waals surface area contributed by atoms with Crippen LogP contribution in [0.2, 0.25) is 0 Å². The van der Waals surface area contributed by atoms with Crippen molar-refractivity contribution in [3.05, 3.63) is 65.6 Å². The first-order valence-electron chi connectivity index (χ1n) is 13.9. The van der Waals surface area contributed by atoms with Gasteiger partial charge in [-0.15, -0.1) is 0 Å². The monoisotopic (exact) mass is 572 g/mol. The Morgan fingerprint density at radius 2 is 1.93 bits per heavy atom. The standard InChI is InChI=1S/C31H33FN6O4/c1-17(2)13-25(29(41)38-16-31(14-19(38)15-33)21-7-5-6-8-24(21)36-30(31)42)37(4)28(40)18(3)35-27(39)26-20-11-12-34-23(20)10-9-22(26)32/h5-12,17-19,25,34H,13-14,16H2,1-4H3,(H,35,39)(H,36,42)/t18-,19-,25-,31-/m0/s1. The van der Waals surface area contributed by atoms with Gasteiger partial charge in [0.25, 0.3) is 5.91 Å². The Kier molecular flexibility index (Phi) is 7.49. The van der Waals surface area contributed by atoms with Gasteiger partial charge < -0.3 is 25.4 Å². The molecule has 0 bridgehead atoms. The predicted octanol–water partition coefficient (Wildman–Crippen LogP) is 3.31. The second-order valence-electron chi connectivity index (χ2n) is 11.5. The number of nitrogens with one attached hydrogen (secondary N) is 3. The second kappa shape index (κ2) is 10.9. The third-order valence-electron chi connectivity index (χ3n) is 8.34. The van der Waals surface area contributed by atoms with Gasteiger partial charge in [0.2, 0.25) is 17.7 Å². The van der Waals surface area contributed by atoms with Crippen LogP contribution in [0.25, 0.3) is 10.9 Å². The maximum Gasteiger partial charge on any atom is 0.255 e. The summed E-state index contributed by atoms with van der Waals surface area (Å²) in [5.41, 5.74) is 0.754. The van der Waals surface area contributed by atoms with Crippen LogP contribution in [0.4, 0.5) is 10.1 Å². The Morgan fingerprint density at radius 3 is 2.64 bits per heavy atom. The van der Waals surface area contributed by atoms with Gasteiger partial charge in [-0.2, -0.15) is 5.26 Å². The Morgan fingerprint density at radius 1 is 1.19 bits per heavy atom. The van der Waals surface area contributed by atoms with Crippen LogP contribution >= 0.6 is 0 Å². The third kappa shape index (κ3) is 4.76. The number of H-pyrrole nitrogens is 1. The molecular weight excluding hydrogens is 539 g/mol. The number of aromatic amines is 1. The molecule has 10 nitrogen and oxygen atoms in total. The van der Waals surface area contributed by atoms with Crippen molar-refractivity contribution in [3.63, 3.8) is 0 Å². The van der Waals surface area contributed by atoms with Gasteiger partial charge in [-0.05, 0) is 49.1 Å². The van der Waals surface area contributed by atoms with Crippen LogP contribution in [0.15, 0.2) is 48.7 Å². The minimum Gasteiger partial charge on any atom is -0.361 e. The Hall–Kier alpha value is -4.72. The first-order valence-corrected chi connectivity index (χ1v) is 13.9. The molecule has 2 aliphatic rings. The molecule has 0 aliphatic carbocycles. The van der Waals surface area contributed by atoms with Gasteiger partial charge in [-0.3, -0.25) is 19.2 Å². The van der Waals surface area contributed by atoms with E-state index in [1.54, 1.807) is 18.3 Å². The number of nitrogens with zero attached hydrogens (tertiary/aromatic N) is 3. The number of nitriles is 1. The molecule has 0 radical (unpaired) electrons. The number of benzene rings is 2. The second-order valence-corrected chi connectivity index (χ2v) is 11.5. The SMILES string of the molecule is CC(C)C[C@@H](C(=O)N1C[C@]2(C[C@H]1C#N)C(=O)Nc1ccccc12)N(C)C(=O)[C@H](C)NC(=O)c1c(F)ccc2[nH]ccc12. The van der Waals surface area contributed by atoms with E-state index in [1.807, 2.05) is 32.0 Å². The highest BCUT2D eigenvalue weighted by molar-refractivity contribution is 6.09. The first kappa shape index (κ1) is 28.8. The molecular formula is C31H33FN6O4. The van der Waals surface area contributed by atoms with E-state index in [4.69, 9.17) is 0 Å². The zero-order chi connectivity index (χ0) is 30.3. The molecule has 42 heavy (non-hydrogen) atoms. The van der Waals surface area contributed by atoms with E-state index in [0.717, 1.165) is 5.56 Å². The molecule has 11 heteroatoms. The molecule has 1 aromatic heterocycles. The van der Waals surface area contributed by atoms with E-state index < -0.39 is 47.1 Å². The summed E-state index contributed by atoms with van der Waals surface area (Å²) < 4.78 is 14.6. The molecule has 3 N–H and O–H groups in total. The van der Waals surface area contributed by atoms with Crippen LogP contribution in [0.1, 0.15) is 49.5 Å². The maximum absolute atomic E-state index is 14.6. The molecule has 2 aromatic carbocycles. The first-order chi connectivity index (χ1) is 20.0. The van der Waals surface area contributed by atoms with Gasteiger partial charge in [0.1, 0.15) is 23.9 Å². The summed E-state index contributed by atoms with van der Waals surface area (Å²) in [5.74, 6) is -2.71. The fourth-order valence-electron chi connectivity index (χ4n) is 6.18. The normalized spacial score (nSPS) is 20.7. The molecule has 1 fully saturated rings. The zero-order valence-corrected chi connectivity index (χ0v) is 23.9. The van der Waals surface area contributed by atoms with Crippen LogP contribution in [-0.4, -0.2) is 70.1 Å². The largest absolute Gasteiger partial charge is 0.361 e. The molecule has 3 aromatic rings. The molecule has 218 valence electrons. The summed E-state index contributed by atoms with van der Waals surface area (Å²) in [5, 5.41) is 15.9. The molecule has 4 atom stereocenters. The molecule has 5 rings (SSSR count). The molecule has 2 aliphatic heterocycles. The van der Waals surface area contributed by atoms with Gasteiger partial charge >= 0.3 is 0 Å². The summed E-state index contributed by atoms with van der Waals surface area (Å²) in [6, 6.07) is 10.8. The van der Waals surface area contributed by atoms with Gasteiger partial charge in [-0.1, -0.05) is 32.0 Å². The average Bonchev–Trinajstić information content (AvgIpc) is 3.66. The molecule has 4 amide bonds. The average molecular weight is 573 g/mol. The number of fused-ring (bicyclic) bond motifs is 3. The fraction of sp³-hybridized carbons (Fsp3) is 0.387. The Labute approximate surface area is 242 Å². The molecule has 1 spiro atoms. The topological polar surface area (TPSA) is 138 Å². The molecule has 3 heterocycles. The summed E-state index contributed by atoms with van der Waals surface area (Å²) in [6.07, 6.45) is 2.03. The number of halogens is 1. The van der Waals surface area contributed by atoms with Crippen molar-refractivity contribution in [1.82, 2.24) is 20.1 Å². The Balaban J connectivity index is 1.37. The van der Waals surface area contributed by atoms with Crippen molar-refractivity contribution in [1.29, 1.82) is 5.26 Å². The van der Waals surface area contributed by atoms with Crippen LogP contribution < -0.4 is 10.6 Å². The van der Waals surface area contributed by atoms with Gasteiger partial charge in [0.15, 0.2) is 0 Å². The number of likely N-dealkylation sites (N-methyl/N-ethyl adjacent to an activating group) is 1. The highest BCUT2D eigenvalue weighted by Gasteiger charge is 2.56. The van der Waals surface area contributed by atoms with E-state index in [2.05, 4.69) is 21.7 Å². The third-order valence-corrected chi connectivity index (χ3v) is 8.34. The van der Waals surface area contributed by atoms with Crippen LogP contribution in [0, 0.1) is 23.1 Å². The number of para-hydroxylation sites is 1. The number of carbonyl (C=O) groups excluding carboxylic acids is 4. The minimum atomic E-state index is -1.08. The van der Waals surface area contributed by atoms with E-state index >= 15 is 0 Å². The summed E-state index contributed by atoms with van der Waals surface area (Å²) in [6.45, 7) is 5.32. The lowest BCUT2D eigenvalue weighted by Gasteiger charge is -2.34. The van der Waals surface area contributed by atoms with Crippen molar-refractivity contribution in [3.8, 4) is 6.07 Å². The number of amides is 4. The van der Waals surface area contributed by atoms with E-state index in [1.165, 1.54) is 35.9 Å². The van der Waals surface area contributed by atoms with Crippen LogP contribution in [-0.2, 0) is 19.8 Å². The number of likely N-dealkylation sites (tertiary alicyclic amines) is 1. The molecule has 1 saturated heterocycles. The van der Waals surface area contributed by atoms with Crippen molar-refractivity contribution in [2.75, 3.05) is 18.9 Å². The fourth-order valence-corrected chi connectivity index (χ4v) is 6.18. The lowest BCUT2D eigenvalue weighted by atomic mass is 9.80. The number of carbonyl (C=O) groups is 4. The Bertz CT molecular complexity index is 1630. The quantitative estimate of drug-likeness (QED) is 0.399. The number of anilines is 1. The predicted molar refractivity (Wildman–Crippen MR) is 154 cm³/mol. The highest BCUT2D eigenvalue weighted by atomic mass is 19.1. The van der Waals surface area contributed by atoms with Crippen LogP contribution in [0.3, 0.4) is 0 Å². The van der Waals surface area contributed by atoms with Gasteiger partial charge in [0.05, 0.1) is 17.0 Å². The number of hydrogen-bond donors (Lipinski definition) is 3. The van der Waals surface area contributed by atoms with Gasteiger partial charge in [0, 0.05) is 42.8 Å². The number of aromatic nitrogens is 1. The smallest absolute Gasteiger partial charge is 0.255 e. The molecule has 0 saturated carbocycles.